The third-order valence-corrected chi connectivity index (χ3v) is 10.2. The minimum Gasteiger partial charge on any atom is -0.457 e. The Balaban J connectivity index is 2.12. The van der Waals surface area contributed by atoms with Gasteiger partial charge in [0.1, 0.15) is 30.5 Å². The monoisotopic (exact) mass is 687 g/mol. The first-order valence-corrected chi connectivity index (χ1v) is 20.3. The van der Waals surface area contributed by atoms with E-state index in [0.29, 0.717) is 13.0 Å². The van der Waals surface area contributed by atoms with E-state index in [4.69, 9.17) is 14.2 Å². The zero-order valence-electron chi connectivity index (χ0n) is 31.6. The summed E-state index contributed by atoms with van der Waals surface area (Å²) in [5, 5.41) is 41.4. The number of rotatable bonds is 33. The van der Waals surface area contributed by atoms with Crippen LogP contribution in [0.25, 0.3) is 0 Å². The normalized spacial score (nSPS) is 23.0. The highest BCUT2D eigenvalue weighted by atomic mass is 16.6. The van der Waals surface area contributed by atoms with Crippen molar-refractivity contribution in [2.24, 2.45) is 11.8 Å². The molecule has 0 radical (unpaired) electrons. The van der Waals surface area contributed by atoms with Gasteiger partial charge in [-0.05, 0) is 24.7 Å². The molecule has 1 fully saturated rings. The Hall–Kier alpha value is -0.770. The van der Waals surface area contributed by atoms with Crippen LogP contribution in [-0.2, 0) is 19.0 Å². The van der Waals surface area contributed by atoms with Crippen molar-refractivity contribution in [2.45, 2.75) is 218 Å². The number of carbonyl (C=O) groups excluding carboxylic acids is 1. The molecule has 0 aromatic heterocycles. The molecule has 1 rings (SSSR count). The molecule has 1 aliphatic rings. The summed E-state index contributed by atoms with van der Waals surface area (Å²) in [6.45, 7) is 9.74. The molecule has 8 nitrogen and oxygen atoms in total. The van der Waals surface area contributed by atoms with Crippen molar-refractivity contribution >= 4 is 5.97 Å². The van der Waals surface area contributed by atoms with Crippen LogP contribution >= 0.6 is 0 Å². The highest BCUT2D eigenvalue weighted by molar-refractivity contribution is 5.69. The SMILES string of the molecule is CCCCCCC(C)CCCCCCCCCOC[C@H](O)COC1C(OC(=O)CCCCCCCCC(C)CCCC)[C@H](O)C(O)[C@@H]1O. The molecule has 0 saturated heterocycles. The third kappa shape index (κ3) is 22.1. The summed E-state index contributed by atoms with van der Waals surface area (Å²) in [4.78, 5) is 12.5. The highest BCUT2D eigenvalue weighted by Crippen LogP contribution is 2.28. The Morgan fingerprint density at radius 1 is 0.562 bits per heavy atom. The second-order valence-electron chi connectivity index (χ2n) is 15.1. The zero-order valence-corrected chi connectivity index (χ0v) is 31.6. The van der Waals surface area contributed by atoms with E-state index in [9.17, 15) is 25.2 Å². The Morgan fingerprint density at radius 2 is 1.02 bits per heavy atom. The second-order valence-corrected chi connectivity index (χ2v) is 15.1. The fraction of sp³-hybridized carbons (Fsp3) is 0.975. The smallest absolute Gasteiger partial charge is 0.306 e. The van der Waals surface area contributed by atoms with Crippen molar-refractivity contribution in [3.8, 4) is 0 Å². The van der Waals surface area contributed by atoms with Crippen LogP contribution in [0, 0.1) is 11.8 Å². The van der Waals surface area contributed by atoms with Crippen LogP contribution in [-0.4, -0.2) is 82.8 Å². The maximum Gasteiger partial charge on any atom is 0.306 e. The van der Waals surface area contributed by atoms with E-state index >= 15 is 0 Å². The summed E-state index contributed by atoms with van der Waals surface area (Å²) < 4.78 is 16.7. The number of unbranched alkanes of at least 4 members (excludes halogenated alkanes) is 15. The number of ether oxygens (including phenoxy) is 3. The molecule has 4 N–H and O–H groups in total. The number of hydrogen-bond donors (Lipinski definition) is 4. The topological polar surface area (TPSA) is 126 Å². The van der Waals surface area contributed by atoms with Gasteiger partial charge in [-0.25, -0.2) is 0 Å². The maximum absolute atomic E-state index is 12.5. The summed E-state index contributed by atoms with van der Waals surface area (Å²) in [7, 11) is 0. The van der Waals surface area contributed by atoms with E-state index < -0.39 is 42.6 Å². The number of hydrogen-bond acceptors (Lipinski definition) is 8. The number of aliphatic hydroxyl groups is 4. The van der Waals surface area contributed by atoms with Crippen molar-refractivity contribution in [1.29, 1.82) is 0 Å². The summed E-state index contributed by atoms with van der Waals surface area (Å²) in [6.07, 6.45) is 20.8. The van der Waals surface area contributed by atoms with Gasteiger partial charge < -0.3 is 34.6 Å². The lowest BCUT2D eigenvalue weighted by Crippen LogP contribution is -2.41. The minimum atomic E-state index is -1.49. The molecule has 1 aliphatic carbocycles. The molecule has 0 spiro atoms. The number of carbonyl (C=O) groups is 1. The summed E-state index contributed by atoms with van der Waals surface area (Å²) in [6, 6.07) is 0. The molecule has 1 saturated carbocycles. The van der Waals surface area contributed by atoms with Crippen molar-refractivity contribution in [3.63, 3.8) is 0 Å². The van der Waals surface area contributed by atoms with Gasteiger partial charge in [-0.15, -0.1) is 0 Å². The Kier molecular flexibility index (Phi) is 28.2. The van der Waals surface area contributed by atoms with Gasteiger partial charge in [0.2, 0.25) is 0 Å². The van der Waals surface area contributed by atoms with Gasteiger partial charge in [0.25, 0.3) is 0 Å². The van der Waals surface area contributed by atoms with E-state index in [1.54, 1.807) is 0 Å². The van der Waals surface area contributed by atoms with Crippen LogP contribution in [0.4, 0.5) is 0 Å². The molecule has 0 aromatic rings. The molecular formula is C40H78O8. The van der Waals surface area contributed by atoms with Crippen molar-refractivity contribution in [2.75, 3.05) is 19.8 Å². The molecule has 5 unspecified atom stereocenters. The van der Waals surface area contributed by atoms with Crippen molar-refractivity contribution in [1.82, 2.24) is 0 Å². The van der Waals surface area contributed by atoms with Gasteiger partial charge in [-0.3, -0.25) is 4.79 Å². The fourth-order valence-corrected chi connectivity index (χ4v) is 6.82. The van der Waals surface area contributed by atoms with Crippen molar-refractivity contribution < 1.29 is 39.4 Å². The summed E-state index contributed by atoms with van der Waals surface area (Å²) in [5.74, 6) is 1.18. The second kappa shape index (κ2) is 29.9. The lowest BCUT2D eigenvalue weighted by atomic mass is 9.96. The number of esters is 1. The van der Waals surface area contributed by atoms with Crippen molar-refractivity contribution in [3.05, 3.63) is 0 Å². The molecule has 0 aromatic carbocycles. The summed E-state index contributed by atoms with van der Waals surface area (Å²) >= 11 is 0. The molecule has 8 heteroatoms. The molecule has 0 bridgehead atoms. The van der Waals surface area contributed by atoms with E-state index in [0.717, 1.165) is 43.9 Å². The highest BCUT2D eigenvalue weighted by Gasteiger charge is 2.52. The first-order valence-electron chi connectivity index (χ1n) is 20.3. The standard InChI is InChI=1S/C40H78O8/c1-5-7-9-19-25-33(4)27-21-15-11-10-14-18-23-29-46-30-34(41)31-47-39-37(44)36(43)38(45)40(39)48-35(42)28-22-17-13-12-16-20-26-32(3)24-8-6-2/h32-34,36-41,43-45H,5-31H2,1-4H3/t32?,33?,34-,36?,37-,38+,39?,40?/m0/s1. The zero-order chi connectivity index (χ0) is 35.4. The Labute approximate surface area is 295 Å². The molecule has 0 heterocycles. The third-order valence-electron chi connectivity index (χ3n) is 10.2. The van der Waals surface area contributed by atoms with Crippen LogP contribution in [0.15, 0.2) is 0 Å². The van der Waals surface area contributed by atoms with Crippen LogP contribution in [0.3, 0.4) is 0 Å². The van der Waals surface area contributed by atoms with Gasteiger partial charge in [0.05, 0.1) is 13.2 Å². The van der Waals surface area contributed by atoms with Crippen LogP contribution < -0.4 is 0 Å². The first-order chi connectivity index (χ1) is 23.2. The van der Waals surface area contributed by atoms with Gasteiger partial charge in [-0.2, -0.15) is 0 Å². The van der Waals surface area contributed by atoms with Gasteiger partial charge in [0.15, 0.2) is 6.10 Å². The fourth-order valence-electron chi connectivity index (χ4n) is 6.82. The predicted molar refractivity (Wildman–Crippen MR) is 195 cm³/mol. The van der Waals surface area contributed by atoms with Crippen LogP contribution in [0.1, 0.15) is 182 Å². The minimum absolute atomic E-state index is 0.0902. The van der Waals surface area contributed by atoms with Gasteiger partial charge in [-0.1, -0.05) is 163 Å². The van der Waals surface area contributed by atoms with Gasteiger partial charge >= 0.3 is 5.97 Å². The average molecular weight is 687 g/mol. The lowest BCUT2D eigenvalue weighted by Gasteiger charge is -2.24. The largest absolute Gasteiger partial charge is 0.457 e. The molecule has 48 heavy (non-hydrogen) atoms. The summed E-state index contributed by atoms with van der Waals surface area (Å²) in [5.41, 5.74) is 0. The van der Waals surface area contributed by atoms with E-state index in [1.165, 1.54) is 109 Å². The van der Waals surface area contributed by atoms with Gasteiger partial charge in [0, 0.05) is 13.0 Å². The predicted octanol–water partition coefficient (Wildman–Crippen LogP) is 8.43. The first kappa shape index (κ1) is 45.3. The Bertz CT molecular complexity index is 736. The molecule has 286 valence electrons. The van der Waals surface area contributed by atoms with Crippen LogP contribution in [0.5, 0.6) is 0 Å². The average Bonchev–Trinajstić information content (AvgIpc) is 3.26. The molecule has 0 aliphatic heterocycles. The molecular weight excluding hydrogens is 608 g/mol. The Morgan fingerprint density at radius 3 is 1.58 bits per heavy atom. The molecule has 8 atom stereocenters. The van der Waals surface area contributed by atoms with E-state index in [-0.39, 0.29) is 19.6 Å². The molecule has 0 amide bonds. The maximum atomic E-state index is 12.5. The lowest BCUT2D eigenvalue weighted by molar-refractivity contribution is -0.168. The van der Waals surface area contributed by atoms with E-state index in [2.05, 4.69) is 27.7 Å². The van der Waals surface area contributed by atoms with E-state index in [1.807, 2.05) is 0 Å². The van der Waals surface area contributed by atoms with Crippen LogP contribution in [0.2, 0.25) is 0 Å². The number of aliphatic hydroxyl groups excluding tert-OH is 4. The quantitative estimate of drug-likeness (QED) is 0.0401.